The van der Waals surface area contributed by atoms with E-state index in [2.05, 4.69) is 15.5 Å². The number of aromatic amines is 1. The molecule has 1 saturated heterocycles. The third kappa shape index (κ3) is 3.75. The zero-order valence-corrected chi connectivity index (χ0v) is 14.5. The lowest BCUT2D eigenvalue weighted by molar-refractivity contribution is 0.175. The Morgan fingerprint density at radius 3 is 3.04 bits per heavy atom. The number of benzene rings is 1. The van der Waals surface area contributed by atoms with Crippen LogP contribution < -0.4 is 10.1 Å². The van der Waals surface area contributed by atoms with Crippen LogP contribution in [0.1, 0.15) is 43.0 Å². The largest absolute Gasteiger partial charge is 0.496 e. The number of methoxy groups -OCH3 is 1. The van der Waals surface area contributed by atoms with E-state index in [0.717, 1.165) is 18.5 Å². The molecule has 7 heteroatoms. The van der Waals surface area contributed by atoms with Crippen LogP contribution in [0.2, 0.25) is 0 Å². The summed E-state index contributed by atoms with van der Waals surface area (Å²) >= 11 is 0. The first-order valence-electron chi connectivity index (χ1n) is 8.47. The number of nitrogens with zero attached hydrogens (tertiary/aromatic N) is 2. The number of ether oxygens (including phenoxy) is 1. The van der Waals surface area contributed by atoms with Crippen LogP contribution in [0, 0.1) is 5.82 Å². The first kappa shape index (κ1) is 17.3. The molecule has 1 fully saturated rings. The molecule has 2 atom stereocenters. The van der Waals surface area contributed by atoms with E-state index in [1.807, 2.05) is 6.07 Å². The number of carbonyl (C=O) groups excluding carboxylic acids is 1. The Morgan fingerprint density at radius 2 is 2.32 bits per heavy atom. The van der Waals surface area contributed by atoms with Gasteiger partial charge in [0.05, 0.1) is 18.7 Å². The van der Waals surface area contributed by atoms with Gasteiger partial charge in [0.15, 0.2) is 0 Å². The van der Waals surface area contributed by atoms with Gasteiger partial charge >= 0.3 is 6.03 Å². The molecule has 0 spiro atoms. The van der Waals surface area contributed by atoms with Gasteiger partial charge in [-0.15, -0.1) is 0 Å². The van der Waals surface area contributed by atoms with E-state index in [9.17, 15) is 9.18 Å². The quantitative estimate of drug-likeness (QED) is 0.893. The van der Waals surface area contributed by atoms with E-state index >= 15 is 0 Å². The molecule has 0 saturated carbocycles. The monoisotopic (exact) mass is 346 g/mol. The summed E-state index contributed by atoms with van der Waals surface area (Å²) in [6.07, 6.45) is 3.66. The van der Waals surface area contributed by atoms with Crippen molar-refractivity contribution in [3.05, 3.63) is 47.5 Å². The molecule has 2 amide bonds. The number of piperidine rings is 1. The maximum absolute atomic E-state index is 14.2. The number of nitrogens with one attached hydrogen (secondary N) is 2. The number of urea groups is 1. The van der Waals surface area contributed by atoms with Gasteiger partial charge in [-0.3, -0.25) is 5.10 Å². The SMILES string of the molecule is COc1cccc(F)c1[C@@H](C)NC(=O)N1CCC[C@@H](c2ccn[nH]2)C1. The Balaban J connectivity index is 1.67. The highest BCUT2D eigenvalue weighted by atomic mass is 19.1. The van der Waals surface area contributed by atoms with E-state index < -0.39 is 6.04 Å². The lowest BCUT2D eigenvalue weighted by Crippen LogP contribution is -2.45. The molecule has 0 unspecified atom stereocenters. The average Bonchev–Trinajstić information content (AvgIpc) is 3.16. The number of hydrogen-bond acceptors (Lipinski definition) is 3. The van der Waals surface area contributed by atoms with Crippen LogP contribution in [0.25, 0.3) is 0 Å². The van der Waals surface area contributed by atoms with Crippen molar-refractivity contribution in [1.82, 2.24) is 20.4 Å². The summed E-state index contributed by atoms with van der Waals surface area (Å²) in [6.45, 7) is 3.07. The fourth-order valence-electron chi connectivity index (χ4n) is 3.37. The topological polar surface area (TPSA) is 70.2 Å². The number of aromatic nitrogens is 2. The van der Waals surface area contributed by atoms with Gasteiger partial charge in [0, 0.05) is 30.9 Å². The van der Waals surface area contributed by atoms with Crippen LogP contribution in [0.5, 0.6) is 5.75 Å². The molecular formula is C18H23FN4O2. The molecular weight excluding hydrogens is 323 g/mol. The molecule has 1 aromatic heterocycles. The zero-order valence-electron chi connectivity index (χ0n) is 14.5. The summed E-state index contributed by atoms with van der Waals surface area (Å²) in [7, 11) is 1.49. The van der Waals surface area contributed by atoms with Gasteiger partial charge in [-0.1, -0.05) is 6.07 Å². The molecule has 0 radical (unpaired) electrons. The van der Waals surface area contributed by atoms with Crippen molar-refractivity contribution >= 4 is 6.03 Å². The number of likely N-dealkylation sites (tertiary alicyclic amines) is 1. The summed E-state index contributed by atoms with van der Waals surface area (Å²) in [4.78, 5) is 14.4. The van der Waals surface area contributed by atoms with Crippen molar-refractivity contribution in [3.63, 3.8) is 0 Å². The molecule has 134 valence electrons. The third-order valence-electron chi connectivity index (χ3n) is 4.68. The van der Waals surface area contributed by atoms with Crippen molar-refractivity contribution in [3.8, 4) is 5.75 Å². The summed E-state index contributed by atoms with van der Waals surface area (Å²) in [5.41, 5.74) is 1.40. The van der Waals surface area contributed by atoms with Crippen LogP contribution in [0.4, 0.5) is 9.18 Å². The van der Waals surface area contributed by atoms with Gasteiger partial charge in [-0.05, 0) is 38.0 Å². The maximum Gasteiger partial charge on any atom is 0.317 e. The van der Waals surface area contributed by atoms with Gasteiger partial charge in [0.25, 0.3) is 0 Å². The lowest BCUT2D eigenvalue weighted by Gasteiger charge is -2.33. The van der Waals surface area contributed by atoms with Crippen LogP contribution in [0.15, 0.2) is 30.5 Å². The number of carbonyl (C=O) groups is 1. The Labute approximate surface area is 146 Å². The molecule has 6 nitrogen and oxygen atoms in total. The van der Waals surface area contributed by atoms with E-state index in [0.29, 0.717) is 24.4 Å². The Kier molecular flexibility index (Phi) is 5.21. The second-order valence-electron chi connectivity index (χ2n) is 6.32. The zero-order chi connectivity index (χ0) is 17.8. The fraction of sp³-hybridized carbons (Fsp3) is 0.444. The van der Waals surface area contributed by atoms with Crippen LogP contribution in [-0.2, 0) is 0 Å². The normalized spacial score (nSPS) is 18.7. The summed E-state index contributed by atoms with van der Waals surface area (Å²) in [5.74, 6) is 0.295. The van der Waals surface area contributed by atoms with Crippen molar-refractivity contribution in [2.45, 2.75) is 31.7 Å². The van der Waals surface area contributed by atoms with E-state index in [4.69, 9.17) is 4.74 Å². The molecule has 25 heavy (non-hydrogen) atoms. The van der Waals surface area contributed by atoms with E-state index in [1.165, 1.54) is 13.2 Å². The summed E-state index contributed by atoms with van der Waals surface area (Å²) in [6, 6.07) is 5.91. The number of rotatable bonds is 4. The minimum atomic E-state index is -0.490. The minimum Gasteiger partial charge on any atom is -0.496 e. The highest BCUT2D eigenvalue weighted by molar-refractivity contribution is 5.75. The number of amides is 2. The number of hydrogen-bond donors (Lipinski definition) is 2. The molecule has 2 N–H and O–H groups in total. The average molecular weight is 346 g/mol. The van der Waals surface area contributed by atoms with Gasteiger partial charge in [0.2, 0.25) is 0 Å². The molecule has 1 aliphatic heterocycles. The molecule has 2 aromatic rings. The van der Waals surface area contributed by atoms with Crippen molar-refractivity contribution in [2.24, 2.45) is 0 Å². The Bertz CT molecular complexity index is 720. The number of H-pyrrole nitrogens is 1. The summed E-state index contributed by atoms with van der Waals surface area (Å²) < 4.78 is 19.4. The first-order valence-corrected chi connectivity index (χ1v) is 8.47. The van der Waals surface area contributed by atoms with Crippen LogP contribution in [0.3, 0.4) is 0 Å². The van der Waals surface area contributed by atoms with Crippen molar-refractivity contribution in [1.29, 1.82) is 0 Å². The molecule has 1 aliphatic rings. The third-order valence-corrected chi connectivity index (χ3v) is 4.68. The lowest BCUT2D eigenvalue weighted by atomic mass is 9.95. The first-order chi connectivity index (χ1) is 12.1. The molecule has 0 aliphatic carbocycles. The highest BCUT2D eigenvalue weighted by Gasteiger charge is 2.27. The van der Waals surface area contributed by atoms with Crippen molar-refractivity contribution in [2.75, 3.05) is 20.2 Å². The highest BCUT2D eigenvalue weighted by Crippen LogP contribution is 2.29. The molecule has 3 rings (SSSR count). The maximum atomic E-state index is 14.2. The Morgan fingerprint density at radius 1 is 1.48 bits per heavy atom. The molecule has 1 aromatic carbocycles. The van der Waals surface area contributed by atoms with E-state index in [1.54, 1.807) is 30.2 Å². The predicted molar refractivity (Wildman–Crippen MR) is 92.0 cm³/mol. The van der Waals surface area contributed by atoms with Crippen molar-refractivity contribution < 1.29 is 13.9 Å². The van der Waals surface area contributed by atoms with Gasteiger partial charge in [0.1, 0.15) is 11.6 Å². The smallest absolute Gasteiger partial charge is 0.317 e. The molecule has 2 heterocycles. The standard InChI is InChI=1S/C18H23FN4O2/c1-12(17-14(19)6-3-7-16(17)25-2)21-18(24)23-10-4-5-13(11-23)15-8-9-20-22-15/h3,6-9,12-13H,4-5,10-11H2,1-2H3,(H,20,22)(H,21,24)/t12-,13-/m1/s1. The van der Waals surface area contributed by atoms with Gasteiger partial charge in [-0.2, -0.15) is 5.10 Å². The van der Waals surface area contributed by atoms with Gasteiger partial charge < -0.3 is 15.0 Å². The minimum absolute atomic E-state index is 0.193. The second kappa shape index (κ2) is 7.55. The second-order valence-corrected chi connectivity index (χ2v) is 6.32. The van der Waals surface area contributed by atoms with Gasteiger partial charge in [-0.25, -0.2) is 9.18 Å². The fourth-order valence-corrected chi connectivity index (χ4v) is 3.37. The molecule has 0 bridgehead atoms. The summed E-state index contributed by atoms with van der Waals surface area (Å²) in [5, 5.41) is 9.85. The Hall–Kier alpha value is -2.57. The predicted octanol–water partition coefficient (Wildman–Crippen LogP) is 3.21. The number of halogens is 1. The van der Waals surface area contributed by atoms with Crippen LogP contribution >= 0.6 is 0 Å². The van der Waals surface area contributed by atoms with Crippen LogP contribution in [-0.4, -0.2) is 41.3 Å². The van der Waals surface area contributed by atoms with E-state index in [-0.39, 0.29) is 17.8 Å².